The van der Waals surface area contributed by atoms with Crippen molar-refractivity contribution in [3.63, 3.8) is 0 Å². The first-order valence-corrected chi connectivity index (χ1v) is 6.59. The fraction of sp³-hybridized carbons (Fsp3) is 0.267. The number of carbonyl (C=O) groups excluding carboxylic acids is 1. The Morgan fingerprint density at radius 3 is 2.41 bits per heavy atom. The van der Waals surface area contributed by atoms with Gasteiger partial charge in [-0.2, -0.15) is 5.10 Å². The monoisotopic (exact) mass is 303 g/mol. The lowest BCUT2D eigenvalue weighted by Crippen LogP contribution is -2.29. The second-order valence-corrected chi connectivity index (χ2v) is 4.62. The van der Waals surface area contributed by atoms with Crippen molar-refractivity contribution in [1.82, 2.24) is 9.78 Å². The molecule has 1 heterocycles. The molecule has 22 heavy (non-hydrogen) atoms. The highest BCUT2D eigenvalue weighted by Crippen LogP contribution is 2.25. The van der Waals surface area contributed by atoms with Crippen LogP contribution in [0.4, 0.5) is 5.69 Å². The lowest BCUT2D eigenvalue weighted by atomic mass is 10.2. The molecule has 116 valence electrons. The third-order valence-corrected chi connectivity index (χ3v) is 2.93. The summed E-state index contributed by atoms with van der Waals surface area (Å²) in [5.41, 5.74) is 0.848. The molecule has 1 N–H and O–H groups in total. The molecule has 0 radical (unpaired) electrons. The second kappa shape index (κ2) is 6.75. The zero-order valence-corrected chi connectivity index (χ0v) is 12.6. The first-order chi connectivity index (χ1) is 10.5. The minimum Gasteiger partial charge on any atom is -0.497 e. The first-order valence-electron chi connectivity index (χ1n) is 6.59. The Hall–Kier alpha value is -2.83. The van der Waals surface area contributed by atoms with E-state index in [1.807, 2.05) is 0 Å². The highest BCUT2D eigenvalue weighted by atomic mass is 16.5. The maximum Gasteiger partial charge on any atom is 0.267 e. The van der Waals surface area contributed by atoms with E-state index in [4.69, 9.17) is 9.47 Å². The van der Waals surface area contributed by atoms with Crippen molar-refractivity contribution in [3.8, 4) is 11.5 Å². The maximum atomic E-state index is 12.1. The highest BCUT2D eigenvalue weighted by molar-refractivity contribution is 5.91. The third-order valence-electron chi connectivity index (χ3n) is 2.93. The summed E-state index contributed by atoms with van der Waals surface area (Å²) >= 11 is 0. The molecule has 0 saturated heterocycles. The average Bonchev–Trinajstić information content (AvgIpc) is 2.50. The smallest absolute Gasteiger partial charge is 0.267 e. The zero-order chi connectivity index (χ0) is 16.1. The van der Waals surface area contributed by atoms with E-state index in [2.05, 4.69) is 10.4 Å². The summed E-state index contributed by atoms with van der Waals surface area (Å²) in [6, 6.07) is 8.00. The van der Waals surface area contributed by atoms with Crippen molar-refractivity contribution in [2.45, 2.75) is 13.5 Å². The summed E-state index contributed by atoms with van der Waals surface area (Å²) in [5, 5.41) is 6.70. The summed E-state index contributed by atoms with van der Waals surface area (Å²) in [6.45, 7) is 1.58. The van der Waals surface area contributed by atoms with Gasteiger partial charge >= 0.3 is 0 Å². The Labute approximate surface area is 127 Å². The molecule has 0 aliphatic carbocycles. The number of hydrogen-bond acceptors (Lipinski definition) is 5. The Balaban J connectivity index is 2.15. The zero-order valence-electron chi connectivity index (χ0n) is 12.6. The summed E-state index contributed by atoms with van der Waals surface area (Å²) in [5.74, 6) is 0.747. The van der Waals surface area contributed by atoms with E-state index in [1.54, 1.807) is 31.2 Å². The van der Waals surface area contributed by atoms with Gasteiger partial charge in [0, 0.05) is 30.0 Å². The van der Waals surface area contributed by atoms with Crippen LogP contribution in [0.3, 0.4) is 0 Å². The lowest BCUT2D eigenvalue weighted by Gasteiger charge is -2.10. The largest absolute Gasteiger partial charge is 0.497 e. The number of nitrogens with one attached hydrogen (secondary N) is 1. The SMILES string of the molecule is COc1cc(NC(=O)Cn2nc(C)ccc2=O)cc(OC)c1. The van der Waals surface area contributed by atoms with Crippen molar-refractivity contribution < 1.29 is 14.3 Å². The van der Waals surface area contributed by atoms with Crippen LogP contribution >= 0.6 is 0 Å². The summed E-state index contributed by atoms with van der Waals surface area (Å²) in [4.78, 5) is 23.7. The van der Waals surface area contributed by atoms with Gasteiger partial charge in [0.15, 0.2) is 0 Å². The van der Waals surface area contributed by atoms with Gasteiger partial charge in [0.1, 0.15) is 18.0 Å². The van der Waals surface area contributed by atoms with E-state index in [0.717, 1.165) is 4.68 Å². The van der Waals surface area contributed by atoms with Gasteiger partial charge < -0.3 is 14.8 Å². The topological polar surface area (TPSA) is 82.5 Å². The highest BCUT2D eigenvalue weighted by Gasteiger charge is 2.08. The molecule has 7 heteroatoms. The fourth-order valence-electron chi connectivity index (χ4n) is 1.88. The van der Waals surface area contributed by atoms with Gasteiger partial charge in [0.25, 0.3) is 5.56 Å². The molecule has 7 nitrogen and oxygen atoms in total. The van der Waals surface area contributed by atoms with Crippen molar-refractivity contribution in [2.75, 3.05) is 19.5 Å². The maximum absolute atomic E-state index is 12.1. The second-order valence-electron chi connectivity index (χ2n) is 4.62. The van der Waals surface area contributed by atoms with Crippen LogP contribution in [-0.2, 0) is 11.3 Å². The third kappa shape index (κ3) is 3.85. The van der Waals surface area contributed by atoms with E-state index < -0.39 is 0 Å². The van der Waals surface area contributed by atoms with Gasteiger partial charge in [-0.15, -0.1) is 0 Å². The number of carbonyl (C=O) groups is 1. The Kier molecular flexibility index (Phi) is 4.77. The van der Waals surface area contributed by atoms with E-state index in [0.29, 0.717) is 22.9 Å². The van der Waals surface area contributed by atoms with E-state index in [9.17, 15) is 9.59 Å². The average molecular weight is 303 g/mol. The molecule has 1 aromatic heterocycles. The molecule has 0 saturated carbocycles. The van der Waals surface area contributed by atoms with Crippen LogP contribution in [0.15, 0.2) is 35.1 Å². The molecule has 0 atom stereocenters. The van der Waals surface area contributed by atoms with Gasteiger partial charge in [0.05, 0.1) is 19.9 Å². The number of hydrogen-bond donors (Lipinski definition) is 1. The normalized spacial score (nSPS) is 10.1. The molecule has 0 aliphatic heterocycles. The molecule has 2 aromatic rings. The molecule has 0 aliphatic rings. The lowest BCUT2D eigenvalue weighted by molar-refractivity contribution is -0.117. The van der Waals surface area contributed by atoms with Crippen LogP contribution < -0.4 is 20.3 Å². The number of ether oxygens (including phenoxy) is 2. The molecule has 0 unspecified atom stereocenters. The van der Waals surface area contributed by atoms with Gasteiger partial charge in [-0.05, 0) is 13.0 Å². The predicted octanol–water partition coefficient (Wildman–Crippen LogP) is 1.21. The molecule has 2 rings (SSSR count). The van der Waals surface area contributed by atoms with E-state index in [-0.39, 0.29) is 18.0 Å². The van der Waals surface area contributed by atoms with Crippen molar-refractivity contribution in [3.05, 3.63) is 46.4 Å². The number of rotatable bonds is 5. The minimum absolute atomic E-state index is 0.167. The van der Waals surface area contributed by atoms with Gasteiger partial charge in [-0.1, -0.05) is 0 Å². The Bertz CT molecular complexity index is 718. The van der Waals surface area contributed by atoms with Crippen LogP contribution in [0.2, 0.25) is 0 Å². The molecular weight excluding hydrogens is 286 g/mol. The number of benzene rings is 1. The van der Waals surface area contributed by atoms with Crippen LogP contribution in [0.5, 0.6) is 11.5 Å². The Morgan fingerprint density at radius 1 is 1.18 bits per heavy atom. The van der Waals surface area contributed by atoms with Crippen molar-refractivity contribution >= 4 is 11.6 Å². The molecule has 0 fully saturated rings. The Morgan fingerprint density at radius 2 is 1.82 bits per heavy atom. The fourth-order valence-corrected chi connectivity index (χ4v) is 1.88. The molecule has 1 amide bonds. The number of amides is 1. The van der Waals surface area contributed by atoms with Gasteiger partial charge in [-0.3, -0.25) is 9.59 Å². The molecule has 1 aromatic carbocycles. The quantitative estimate of drug-likeness (QED) is 0.897. The van der Waals surface area contributed by atoms with Crippen molar-refractivity contribution in [2.24, 2.45) is 0 Å². The number of methoxy groups -OCH3 is 2. The van der Waals surface area contributed by atoms with Gasteiger partial charge in [-0.25, -0.2) is 4.68 Å². The van der Waals surface area contributed by atoms with Crippen molar-refractivity contribution in [1.29, 1.82) is 0 Å². The minimum atomic E-state index is -0.365. The summed E-state index contributed by atoms with van der Waals surface area (Å²) < 4.78 is 11.4. The summed E-state index contributed by atoms with van der Waals surface area (Å²) in [7, 11) is 3.05. The molecule has 0 bridgehead atoms. The predicted molar refractivity (Wildman–Crippen MR) is 81.4 cm³/mol. The van der Waals surface area contributed by atoms with Crippen LogP contribution in [0, 0.1) is 6.92 Å². The molecule has 0 spiro atoms. The van der Waals surface area contributed by atoms with E-state index in [1.165, 1.54) is 20.3 Å². The summed E-state index contributed by atoms with van der Waals surface area (Å²) in [6.07, 6.45) is 0. The number of anilines is 1. The number of nitrogens with zero attached hydrogens (tertiary/aromatic N) is 2. The van der Waals surface area contributed by atoms with Gasteiger partial charge in [0.2, 0.25) is 5.91 Å². The first kappa shape index (κ1) is 15.6. The standard InChI is InChI=1S/C15H17N3O4/c1-10-4-5-15(20)18(17-10)9-14(19)16-11-6-12(21-2)8-13(7-11)22-3/h4-8H,9H2,1-3H3,(H,16,19). The molecular formula is C15H17N3O4. The van der Waals surface area contributed by atoms with Crippen LogP contribution in [-0.4, -0.2) is 29.9 Å². The van der Waals surface area contributed by atoms with E-state index >= 15 is 0 Å². The van der Waals surface area contributed by atoms with Crippen LogP contribution in [0.25, 0.3) is 0 Å². The van der Waals surface area contributed by atoms with Crippen LogP contribution in [0.1, 0.15) is 5.69 Å². The number of aromatic nitrogens is 2. The number of aryl methyl sites for hydroxylation is 1.